The first-order valence-electron chi connectivity index (χ1n) is 29.2. The van der Waals surface area contributed by atoms with Crippen molar-refractivity contribution in [3.8, 4) is 0 Å². The van der Waals surface area contributed by atoms with Crippen molar-refractivity contribution in [3.05, 3.63) is 169 Å². The Morgan fingerprint density at radius 2 is 1.01 bits per heavy atom. The lowest BCUT2D eigenvalue weighted by atomic mass is 9.60. The maximum atomic E-state index is 10.3. The number of carboxylic acid groups (broad SMARTS) is 2. The normalized spacial score (nSPS) is 22.3. The fourth-order valence-corrected chi connectivity index (χ4v) is 10.2. The highest BCUT2D eigenvalue weighted by Gasteiger charge is 2.50. The van der Waals surface area contributed by atoms with E-state index >= 15 is 0 Å². The fraction of sp³-hybridized carbons (Fsp3) is 0.565. The summed E-state index contributed by atoms with van der Waals surface area (Å²) in [5, 5.41) is 27.0. The molecular formula is C69H106O5. The van der Waals surface area contributed by atoms with Gasteiger partial charge in [0.1, 0.15) is 0 Å². The van der Waals surface area contributed by atoms with Gasteiger partial charge >= 0.3 is 11.9 Å². The Balaban J connectivity index is 0.000000561. The highest BCUT2D eigenvalue weighted by atomic mass is 16.4. The second-order valence-corrected chi connectivity index (χ2v) is 21.2. The molecule has 412 valence electrons. The number of hydrogen-bond donors (Lipinski definition) is 3. The van der Waals surface area contributed by atoms with Gasteiger partial charge in [0.25, 0.3) is 0 Å². The van der Waals surface area contributed by atoms with Crippen molar-refractivity contribution < 1.29 is 24.9 Å². The summed E-state index contributed by atoms with van der Waals surface area (Å²) in [6.45, 7) is 18.4. The van der Waals surface area contributed by atoms with E-state index in [1.165, 1.54) is 62.5 Å². The van der Waals surface area contributed by atoms with Gasteiger partial charge < -0.3 is 15.3 Å². The van der Waals surface area contributed by atoms with Crippen molar-refractivity contribution in [1.82, 2.24) is 0 Å². The molecule has 5 heteroatoms. The SMILES string of the molecule is C=C1CC[C@H](O)C/C1=C/C=C1\CCC[C@]2(C)[C@@H]([C@H](C)CCCC(C)C)CC[C@@H]12.CC/C=C\C/C=C\C/C=C\C/C=C\C/C=C\C/C=C\CCC(=O)O.CC/C=C\C/C=C\C/C=C\C/C=C\C/C=C\CCCC(=O)O. The van der Waals surface area contributed by atoms with Crippen LogP contribution in [0.4, 0.5) is 0 Å². The average Bonchev–Trinajstić information content (AvgIpc) is 3.73. The molecule has 0 heterocycles. The number of aliphatic carboxylic acids is 2. The molecule has 0 aromatic heterocycles. The van der Waals surface area contributed by atoms with E-state index in [-0.39, 0.29) is 18.9 Å². The van der Waals surface area contributed by atoms with E-state index in [2.05, 4.69) is 182 Å². The van der Waals surface area contributed by atoms with E-state index in [0.717, 1.165) is 126 Å². The van der Waals surface area contributed by atoms with Crippen LogP contribution in [0.1, 0.15) is 215 Å². The van der Waals surface area contributed by atoms with Gasteiger partial charge in [-0.1, -0.05) is 224 Å². The summed E-state index contributed by atoms with van der Waals surface area (Å²) in [7, 11) is 0. The molecule has 0 radical (unpaired) electrons. The maximum Gasteiger partial charge on any atom is 0.303 e. The number of allylic oxidation sites excluding steroid dienone is 26. The fourth-order valence-electron chi connectivity index (χ4n) is 10.2. The summed E-state index contributed by atoms with van der Waals surface area (Å²) in [5.74, 6) is 1.91. The van der Waals surface area contributed by atoms with Crippen molar-refractivity contribution in [2.45, 2.75) is 221 Å². The molecule has 0 spiro atoms. The third kappa shape index (κ3) is 35.5. The number of carbonyl (C=O) groups is 2. The standard InChI is InChI=1S/C27H44O.C22H32O2.C20H30O2/c1-19(2)8-6-9-21(4)25-15-16-26-22(10-7-17-27(25,26)5)12-13-23-18-24(28)14-11-20(23)3;1-2-3-4-5-6-7-8-9-10-11-12-13-14-15-16-17-18-19-20-21-22(23)24;1-2-3-4-5-6-7-8-9-10-11-12-13-14-15-16-17-18-19-20(21)22/h12-13,19,21,24-26,28H,3,6-11,14-18H2,1-2,4-5H3;3-4,6-7,9-10,12-13,15-16,18-19H,2,5,8,11,14,17,20-21H2,1H3,(H,23,24);3-4,6-7,9-10,12-13,15-16H,2,5,8,11,14,17-19H2,1H3,(H,21,22)/b22-12+,23-13-;4-3-,7-6-,10-9-,13-12-,16-15-,19-18-;4-3-,7-6-,10-9-,13-12-,16-15-/t21-,24+,25-,26+,27-;;/m1../s1. The Hall–Kier alpha value is -4.74. The minimum absolute atomic E-state index is 0.172. The van der Waals surface area contributed by atoms with Crippen LogP contribution in [-0.2, 0) is 9.59 Å². The largest absolute Gasteiger partial charge is 0.481 e. The van der Waals surface area contributed by atoms with Gasteiger partial charge in [0.15, 0.2) is 0 Å². The van der Waals surface area contributed by atoms with Crippen molar-refractivity contribution in [1.29, 1.82) is 0 Å². The predicted molar refractivity (Wildman–Crippen MR) is 322 cm³/mol. The molecule has 0 bridgehead atoms. The van der Waals surface area contributed by atoms with Gasteiger partial charge in [0.2, 0.25) is 0 Å². The summed E-state index contributed by atoms with van der Waals surface area (Å²) in [6, 6.07) is 0. The van der Waals surface area contributed by atoms with Crippen molar-refractivity contribution in [3.63, 3.8) is 0 Å². The van der Waals surface area contributed by atoms with Gasteiger partial charge in [-0.3, -0.25) is 9.59 Å². The summed E-state index contributed by atoms with van der Waals surface area (Å²) >= 11 is 0. The minimum atomic E-state index is -0.741. The molecule has 0 saturated heterocycles. The summed E-state index contributed by atoms with van der Waals surface area (Å²) in [4.78, 5) is 20.6. The van der Waals surface area contributed by atoms with E-state index in [0.29, 0.717) is 11.8 Å². The molecule has 5 nitrogen and oxygen atoms in total. The third-order valence-corrected chi connectivity index (χ3v) is 14.4. The van der Waals surface area contributed by atoms with E-state index in [4.69, 9.17) is 10.2 Å². The summed E-state index contributed by atoms with van der Waals surface area (Å²) < 4.78 is 0. The Labute approximate surface area is 454 Å². The maximum absolute atomic E-state index is 10.3. The molecule has 0 unspecified atom stereocenters. The molecule has 3 rings (SSSR count). The lowest BCUT2D eigenvalue weighted by Gasteiger charge is -2.44. The van der Waals surface area contributed by atoms with E-state index < -0.39 is 11.9 Å². The van der Waals surface area contributed by atoms with Crippen LogP contribution in [0.25, 0.3) is 0 Å². The van der Waals surface area contributed by atoms with Crippen LogP contribution in [0.5, 0.6) is 0 Å². The van der Waals surface area contributed by atoms with Gasteiger partial charge in [0.05, 0.1) is 6.10 Å². The smallest absolute Gasteiger partial charge is 0.303 e. The zero-order chi connectivity index (χ0) is 54.3. The Morgan fingerprint density at radius 3 is 1.46 bits per heavy atom. The molecule has 3 N–H and O–H groups in total. The zero-order valence-electron chi connectivity index (χ0n) is 47.7. The molecule has 3 saturated carbocycles. The second-order valence-electron chi connectivity index (χ2n) is 21.2. The van der Waals surface area contributed by atoms with Gasteiger partial charge in [-0.05, 0) is 176 Å². The van der Waals surface area contributed by atoms with Crippen LogP contribution >= 0.6 is 0 Å². The molecular weight excluding hydrogens is 909 g/mol. The molecule has 3 aliphatic carbocycles. The molecule has 0 amide bonds. The zero-order valence-corrected chi connectivity index (χ0v) is 47.7. The molecule has 74 heavy (non-hydrogen) atoms. The number of fused-ring (bicyclic) bond motifs is 1. The highest BCUT2D eigenvalue weighted by molar-refractivity contribution is 5.67. The molecule has 5 atom stereocenters. The van der Waals surface area contributed by atoms with E-state index in [1.54, 1.807) is 5.57 Å². The summed E-state index contributed by atoms with van der Waals surface area (Å²) in [5.41, 5.74) is 4.72. The number of hydrogen-bond acceptors (Lipinski definition) is 3. The highest BCUT2D eigenvalue weighted by Crippen LogP contribution is 2.60. The van der Waals surface area contributed by atoms with Gasteiger partial charge in [0, 0.05) is 12.8 Å². The van der Waals surface area contributed by atoms with Crippen molar-refractivity contribution in [2.75, 3.05) is 0 Å². The molecule has 3 aliphatic rings. The van der Waals surface area contributed by atoms with E-state index in [1.807, 2.05) is 12.2 Å². The average molecular weight is 1020 g/mol. The van der Waals surface area contributed by atoms with Crippen molar-refractivity contribution >= 4 is 11.9 Å². The third-order valence-electron chi connectivity index (χ3n) is 14.4. The molecule has 0 aromatic carbocycles. The van der Waals surface area contributed by atoms with Crippen LogP contribution in [0.3, 0.4) is 0 Å². The molecule has 0 aromatic rings. The number of aliphatic hydroxyl groups excluding tert-OH is 1. The topological polar surface area (TPSA) is 94.8 Å². The van der Waals surface area contributed by atoms with Gasteiger partial charge in [-0.15, -0.1) is 0 Å². The number of aliphatic hydroxyl groups is 1. The van der Waals surface area contributed by atoms with E-state index in [9.17, 15) is 14.7 Å². The van der Waals surface area contributed by atoms with Gasteiger partial charge in [-0.2, -0.15) is 0 Å². The first kappa shape index (κ1) is 67.3. The predicted octanol–water partition coefficient (Wildman–Crippen LogP) is 20.2. The first-order chi connectivity index (χ1) is 35.8. The lowest BCUT2D eigenvalue weighted by molar-refractivity contribution is -0.138. The second kappa shape index (κ2) is 45.6. The van der Waals surface area contributed by atoms with Crippen LogP contribution in [-0.4, -0.2) is 33.4 Å². The summed E-state index contributed by atoms with van der Waals surface area (Å²) in [6.07, 6.45) is 79.1. The minimum Gasteiger partial charge on any atom is -0.481 e. The quantitative estimate of drug-likeness (QED) is 0.0450. The number of rotatable bonds is 33. The number of unbranched alkanes of at least 4 members (excludes halogenated alkanes) is 1. The van der Waals surface area contributed by atoms with Crippen LogP contribution in [0, 0.1) is 29.1 Å². The van der Waals surface area contributed by atoms with Gasteiger partial charge in [-0.25, -0.2) is 0 Å². The monoisotopic (exact) mass is 1010 g/mol. The van der Waals surface area contributed by atoms with Crippen LogP contribution in [0.15, 0.2) is 169 Å². The lowest BCUT2D eigenvalue weighted by Crippen LogP contribution is -2.36. The molecule has 0 aliphatic heterocycles. The Bertz CT molecular complexity index is 1900. The van der Waals surface area contributed by atoms with Crippen LogP contribution in [0.2, 0.25) is 0 Å². The Morgan fingerprint density at radius 1 is 0.568 bits per heavy atom. The Kier molecular flexibility index (Phi) is 41.5. The first-order valence-corrected chi connectivity index (χ1v) is 29.2. The van der Waals surface area contributed by atoms with Crippen LogP contribution < -0.4 is 0 Å². The molecule has 3 fully saturated rings. The van der Waals surface area contributed by atoms with Crippen molar-refractivity contribution in [2.24, 2.45) is 29.1 Å². The number of carboxylic acids is 2.